The van der Waals surface area contributed by atoms with Gasteiger partial charge in [0.15, 0.2) is 0 Å². The first-order chi connectivity index (χ1) is 12.2. The summed E-state index contributed by atoms with van der Waals surface area (Å²) in [7, 11) is 0. The van der Waals surface area contributed by atoms with Crippen LogP contribution in [0.2, 0.25) is 0 Å². The molecule has 2 heterocycles. The maximum Gasteiger partial charge on any atom is 0.256 e. The second kappa shape index (κ2) is 6.75. The predicted octanol–water partition coefficient (Wildman–Crippen LogP) is 4.56. The lowest BCUT2D eigenvalue weighted by molar-refractivity contribution is 0.0699. The molecule has 128 valence electrons. The van der Waals surface area contributed by atoms with Crippen LogP contribution in [0.15, 0.2) is 60.8 Å². The highest BCUT2D eigenvalue weighted by molar-refractivity contribution is 6.07. The van der Waals surface area contributed by atoms with Crippen LogP contribution in [0.5, 0.6) is 0 Å². The minimum atomic E-state index is 0.176. The van der Waals surface area contributed by atoms with E-state index in [4.69, 9.17) is 0 Å². The van der Waals surface area contributed by atoms with Gasteiger partial charge in [0, 0.05) is 36.7 Å². The molecule has 0 unspecified atom stereocenters. The zero-order valence-corrected chi connectivity index (χ0v) is 14.7. The lowest BCUT2D eigenvalue weighted by atomic mass is 9.98. The average Bonchev–Trinajstić information content (AvgIpc) is 3.01. The van der Waals surface area contributed by atoms with Gasteiger partial charge >= 0.3 is 0 Å². The van der Waals surface area contributed by atoms with Crippen molar-refractivity contribution in [3.05, 3.63) is 71.9 Å². The summed E-state index contributed by atoms with van der Waals surface area (Å²) in [6.07, 6.45) is 4.25. The summed E-state index contributed by atoms with van der Waals surface area (Å²) in [6.45, 7) is 4.80. The fraction of sp³-hybridized carbons (Fsp3) is 0.318. The highest BCUT2D eigenvalue weighted by atomic mass is 16.2. The Labute approximate surface area is 148 Å². The van der Waals surface area contributed by atoms with E-state index in [0.717, 1.165) is 54.9 Å². The van der Waals surface area contributed by atoms with Crippen LogP contribution >= 0.6 is 0 Å². The summed E-state index contributed by atoms with van der Waals surface area (Å²) in [6, 6.07) is 18.6. The maximum atomic E-state index is 13.1. The van der Waals surface area contributed by atoms with Crippen molar-refractivity contribution in [2.45, 2.75) is 26.3 Å². The van der Waals surface area contributed by atoms with Gasteiger partial charge in [0.25, 0.3) is 5.91 Å². The zero-order valence-electron chi connectivity index (χ0n) is 14.7. The number of benzene rings is 2. The lowest BCUT2D eigenvalue weighted by Gasteiger charge is -2.30. The Hall–Kier alpha value is -2.55. The number of likely N-dealkylation sites (tertiary alicyclic amines) is 1. The fourth-order valence-corrected chi connectivity index (χ4v) is 3.71. The van der Waals surface area contributed by atoms with Crippen LogP contribution in [-0.2, 0) is 6.54 Å². The Morgan fingerprint density at radius 1 is 1.00 bits per heavy atom. The first-order valence-electron chi connectivity index (χ1n) is 9.13. The summed E-state index contributed by atoms with van der Waals surface area (Å²) in [5.74, 6) is 0.901. The van der Waals surface area contributed by atoms with E-state index in [2.05, 4.69) is 47.9 Å². The summed E-state index contributed by atoms with van der Waals surface area (Å²) < 4.78 is 2.20. The Kier molecular flexibility index (Phi) is 4.31. The normalized spacial score (nSPS) is 15.6. The van der Waals surface area contributed by atoms with Crippen molar-refractivity contribution in [3.8, 4) is 0 Å². The van der Waals surface area contributed by atoms with Crippen molar-refractivity contribution in [1.82, 2.24) is 9.47 Å². The molecule has 1 aliphatic rings. The van der Waals surface area contributed by atoms with Gasteiger partial charge in [-0.3, -0.25) is 4.79 Å². The summed E-state index contributed by atoms with van der Waals surface area (Å²) in [4.78, 5) is 15.1. The smallest absolute Gasteiger partial charge is 0.256 e. The largest absolute Gasteiger partial charge is 0.342 e. The molecule has 0 atom stereocenters. The van der Waals surface area contributed by atoms with Gasteiger partial charge in [-0.2, -0.15) is 0 Å². The Morgan fingerprint density at radius 3 is 2.44 bits per heavy atom. The Morgan fingerprint density at radius 2 is 1.68 bits per heavy atom. The molecule has 1 aliphatic heterocycles. The first kappa shape index (κ1) is 15.9. The van der Waals surface area contributed by atoms with Crippen LogP contribution in [0.4, 0.5) is 0 Å². The van der Waals surface area contributed by atoms with Crippen LogP contribution in [0, 0.1) is 5.92 Å². The standard InChI is InChI=1S/C22H24N2O/c1-17-11-13-23(14-12-17)22(25)20-16-24(15-18-7-3-2-4-8-18)21-10-6-5-9-19(20)21/h2-10,16-17H,11-15H2,1H3. The molecule has 1 saturated heterocycles. The van der Waals surface area contributed by atoms with Crippen molar-refractivity contribution in [2.24, 2.45) is 5.92 Å². The minimum Gasteiger partial charge on any atom is -0.342 e. The number of carbonyl (C=O) groups is 1. The molecule has 0 radical (unpaired) electrons. The van der Waals surface area contributed by atoms with E-state index >= 15 is 0 Å². The van der Waals surface area contributed by atoms with E-state index in [1.165, 1.54) is 5.56 Å². The number of fused-ring (bicyclic) bond motifs is 1. The summed E-state index contributed by atoms with van der Waals surface area (Å²) in [5, 5.41) is 1.06. The number of carbonyl (C=O) groups excluding carboxylic acids is 1. The molecule has 3 heteroatoms. The van der Waals surface area contributed by atoms with Gasteiger partial charge in [0.2, 0.25) is 0 Å². The molecule has 0 spiro atoms. The summed E-state index contributed by atoms with van der Waals surface area (Å²) >= 11 is 0. The molecule has 0 aliphatic carbocycles. The number of amides is 1. The SMILES string of the molecule is CC1CCN(C(=O)c2cn(Cc3ccccc3)c3ccccc23)CC1. The second-order valence-electron chi connectivity index (χ2n) is 7.15. The monoisotopic (exact) mass is 332 g/mol. The number of rotatable bonds is 3. The topological polar surface area (TPSA) is 25.2 Å². The highest BCUT2D eigenvalue weighted by Crippen LogP contribution is 2.25. The van der Waals surface area contributed by atoms with Gasteiger partial charge in [-0.05, 0) is 30.4 Å². The molecule has 1 amide bonds. The molecule has 3 aromatic rings. The molecule has 0 bridgehead atoms. The number of hydrogen-bond acceptors (Lipinski definition) is 1. The van der Waals surface area contributed by atoms with Crippen LogP contribution < -0.4 is 0 Å². The van der Waals surface area contributed by atoms with E-state index in [1.54, 1.807) is 0 Å². The second-order valence-corrected chi connectivity index (χ2v) is 7.15. The molecular formula is C22H24N2O. The van der Waals surface area contributed by atoms with E-state index in [-0.39, 0.29) is 5.91 Å². The molecule has 1 fully saturated rings. The van der Waals surface area contributed by atoms with E-state index < -0.39 is 0 Å². The van der Waals surface area contributed by atoms with E-state index in [1.807, 2.05) is 29.3 Å². The van der Waals surface area contributed by atoms with Crippen molar-refractivity contribution in [1.29, 1.82) is 0 Å². The molecule has 1 aromatic heterocycles. The third-order valence-corrected chi connectivity index (χ3v) is 5.29. The number of para-hydroxylation sites is 1. The van der Waals surface area contributed by atoms with Gasteiger partial charge < -0.3 is 9.47 Å². The fourth-order valence-electron chi connectivity index (χ4n) is 3.71. The lowest BCUT2D eigenvalue weighted by Crippen LogP contribution is -2.37. The maximum absolute atomic E-state index is 13.1. The van der Waals surface area contributed by atoms with Crippen molar-refractivity contribution < 1.29 is 4.79 Å². The Balaban J connectivity index is 1.68. The van der Waals surface area contributed by atoms with Gasteiger partial charge in [-0.25, -0.2) is 0 Å². The van der Waals surface area contributed by atoms with Crippen molar-refractivity contribution >= 4 is 16.8 Å². The highest BCUT2D eigenvalue weighted by Gasteiger charge is 2.24. The molecule has 4 rings (SSSR count). The van der Waals surface area contributed by atoms with Gasteiger partial charge in [0.05, 0.1) is 5.56 Å². The third-order valence-electron chi connectivity index (χ3n) is 5.29. The average molecular weight is 332 g/mol. The molecule has 0 N–H and O–H groups in total. The number of hydrogen-bond donors (Lipinski definition) is 0. The Bertz CT molecular complexity index is 873. The third kappa shape index (κ3) is 3.19. The van der Waals surface area contributed by atoms with E-state index in [0.29, 0.717) is 0 Å². The molecular weight excluding hydrogens is 308 g/mol. The van der Waals surface area contributed by atoms with E-state index in [9.17, 15) is 4.79 Å². The minimum absolute atomic E-state index is 0.176. The van der Waals surface area contributed by atoms with Crippen molar-refractivity contribution in [2.75, 3.05) is 13.1 Å². The number of aromatic nitrogens is 1. The molecule has 25 heavy (non-hydrogen) atoms. The number of piperidine rings is 1. The van der Waals surface area contributed by atoms with Crippen LogP contribution in [-0.4, -0.2) is 28.5 Å². The number of nitrogens with zero attached hydrogens (tertiary/aromatic N) is 2. The first-order valence-corrected chi connectivity index (χ1v) is 9.13. The van der Waals surface area contributed by atoms with Gasteiger partial charge in [-0.1, -0.05) is 55.5 Å². The van der Waals surface area contributed by atoms with Crippen LogP contribution in [0.3, 0.4) is 0 Å². The van der Waals surface area contributed by atoms with Crippen LogP contribution in [0.1, 0.15) is 35.7 Å². The molecule has 3 nitrogen and oxygen atoms in total. The quantitative estimate of drug-likeness (QED) is 0.690. The van der Waals surface area contributed by atoms with Gasteiger partial charge in [-0.15, -0.1) is 0 Å². The molecule has 0 saturated carbocycles. The summed E-state index contributed by atoms with van der Waals surface area (Å²) in [5.41, 5.74) is 3.20. The van der Waals surface area contributed by atoms with Crippen LogP contribution in [0.25, 0.3) is 10.9 Å². The van der Waals surface area contributed by atoms with Crippen molar-refractivity contribution in [3.63, 3.8) is 0 Å². The molecule has 2 aromatic carbocycles. The predicted molar refractivity (Wildman–Crippen MR) is 102 cm³/mol. The van der Waals surface area contributed by atoms with Gasteiger partial charge in [0.1, 0.15) is 0 Å². The zero-order chi connectivity index (χ0) is 17.2.